The number of piperidine rings is 1. The zero-order valence-electron chi connectivity index (χ0n) is 17.7. The van der Waals surface area contributed by atoms with Crippen molar-refractivity contribution in [3.63, 3.8) is 0 Å². The Balaban J connectivity index is 1.48. The Hall–Kier alpha value is -3.38. The summed E-state index contributed by atoms with van der Waals surface area (Å²) >= 11 is 6.24. The van der Waals surface area contributed by atoms with Gasteiger partial charge >= 0.3 is 0 Å². The summed E-state index contributed by atoms with van der Waals surface area (Å²) in [5.41, 5.74) is 2.39. The fourth-order valence-electron chi connectivity index (χ4n) is 4.16. The first kappa shape index (κ1) is 20.5. The van der Waals surface area contributed by atoms with E-state index in [-0.39, 0.29) is 5.43 Å². The maximum atomic E-state index is 13.2. The molecule has 6 nitrogen and oxygen atoms in total. The highest BCUT2D eigenvalue weighted by atomic mass is 35.5. The van der Waals surface area contributed by atoms with Gasteiger partial charge in [-0.15, -0.1) is 0 Å². The van der Waals surface area contributed by atoms with Crippen LogP contribution in [-0.4, -0.2) is 27.6 Å². The van der Waals surface area contributed by atoms with Crippen LogP contribution in [0.3, 0.4) is 0 Å². The van der Waals surface area contributed by atoms with E-state index in [0.29, 0.717) is 28.3 Å². The minimum Gasteiger partial charge on any atom is -0.366 e. The third-order valence-corrected chi connectivity index (χ3v) is 6.05. The van der Waals surface area contributed by atoms with Gasteiger partial charge in [0.15, 0.2) is 5.43 Å². The molecule has 1 fully saturated rings. The number of para-hydroxylation sites is 1. The molecule has 0 bridgehead atoms. The predicted octanol–water partition coefficient (Wildman–Crippen LogP) is 5.04. The van der Waals surface area contributed by atoms with Crippen molar-refractivity contribution in [2.45, 2.75) is 25.8 Å². The molecular weight excluding hydrogens is 422 g/mol. The average Bonchev–Trinajstić information content (AvgIpc) is 2.85. The second kappa shape index (κ2) is 9.01. The Kier molecular flexibility index (Phi) is 5.77. The molecule has 32 heavy (non-hydrogen) atoms. The molecule has 0 spiro atoms. The van der Waals surface area contributed by atoms with Crippen molar-refractivity contribution in [2.75, 3.05) is 23.3 Å². The topological polar surface area (TPSA) is 63.1 Å². The lowest BCUT2D eigenvalue weighted by atomic mass is 10.1. The number of benzene rings is 2. The summed E-state index contributed by atoms with van der Waals surface area (Å²) in [5.74, 6) is 1.45. The first-order valence-electron chi connectivity index (χ1n) is 10.9. The van der Waals surface area contributed by atoms with Crippen LogP contribution >= 0.6 is 11.6 Å². The molecule has 1 saturated heterocycles. The number of hydrogen-bond donors (Lipinski definition) is 1. The van der Waals surface area contributed by atoms with Crippen LogP contribution in [0.25, 0.3) is 16.6 Å². The number of pyridine rings is 1. The number of fused-ring (bicyclic) bond motifs is 1. The molecule has 0 aliphatic carbocycles. The van der Waals surface area contributed by atoms with E-state index in [9.17, 15) is 4.79 Å². The van der Waals surface area contributed by atoms with E-state index < -0.39 is 0 Å². The van der Waals surface area contributed by atoms with Gasteiger partial charge in [-0.25, -0.2) is 4.98 Å². The molecular formula is C25H24ClN5O. The van der Waals surface area contributed by atoms with Crippen molar-refractivity contribution in [1.82, 2.24) is 14.5 Å². The van der Waals surface area contributed by atoms with Crippen LogP contribution in [0, 0.1) is 0 Å². The molecule has 0 atom stereocenters. The van der Waals surface area contributed by atoms with E-state index in [1.165, 1.54) is 19.3 Å². The van der Waals surface area contributed by atoms with Gasteiger partial charge < -0.3 is 14.8 Å². The predicted molar refractivity (Wildman–Crippen MR) is 130 cm³/mol. The van der Waals surface area contributed by atoms with Gasteiger partial charge in [0.05, 0.1) is 5.52 Å². The molecule has 2 aromatic heterocycles. The molecule has 0 unspecified atom stereocenters. The van der Waals surface area contributed by atoms with Crippen molar-refractivity contribution >= 4 is 34.3 Å². The lowest BCUT2D eigenvalue weighted by Crippen LogP contribution is -2.31. The molecule has 4 aromatic rings. The number of hydrogen-bond acceptors (Lipinski definition) is 5. The molecule has 1 aliphatic rings. The van der Waals surface area contributed by atoms with Gasteiger partial charge in [0, 0.05) is 53.7 Å². The first-order valence-corrected chi connectivity index (χ1v) is 11.3. The molecule has 7 heteroatoms. The van der Waals surface area contributed by atoms with E-state index in [0.717, 1.165) is 30.2 Å². The largest absolute Gasteiger partial charge is 0.366 e. The van der Waals surface area contributed by atoms with Gasteiger partial charge in [-0.1, -0.05) is 29.8 Å². The maximum Gasteiger partial charge on any atom is 0.227 e. The van der Waals surface area contributed by atoms with Gasteiger partial charge in [-0.05, 0) is 55.7 Å². The Morgan fingerprint density at radius 2 is 1.81 bits per heavy atom. The molecule has 0 saturated carbocycles. The summed E-state index contributed by atoms with van der Waals surface area (Å²) in [4.78, 5) is 24.5. The molecule has 2 aromatic carbocycles. The number of rotatable bonds is 5. The van der Waals surface area contributed by atoms with E-state index in [1.54, 1.807) is 18.3 Å². The van der Waals surface area contributed by atoms with Crippen LogP contribution in [-0.2, 0) is 6.54 Å². The van der Waals surface area contributed by atoms with Gasteiger partial charge in [0.1, 0.15) is 5.82 Å². The van der Waals surface area contributed by atoms with Crippen LogP contribution in [0.4, 0.5) is 11.8 Å². The Morgan fingerprint density at radius 1 is 1.00 bits per heavy atom. The Labute approximate surface area is 191 Å². The molecule has 162 valence electrons. The summed E-state index contributed by atoms with van der Waals surface area (Å²) in [6.07, 6.45) is 7.25. The lowest BCUT2D eigenvalue weighted by molar-refractivity contribution is 0.568. The van der Waals surface area contributed by atoms with Gasteiger partial charge in [-0.2, -0.15) is 4.98 Å². The number of nitrogens with one attached hydrogen (secondary N) is 1. The highest BCUT2D eigenvalue weighted by Crippen LogP contribution is 2.22. The van der Waals surface area contributed by atoms with Gasteiger partial charge in [0.25, 0.3) is 0 Å². The van der Waals surface area contributed by atoms with Crippen LogP contribution in [0.2, 0.25) is 5.02 Å². The lowest BCUT2D eigenvalue weighted by Gasteiger charge is -2.26. The third kappa shape index (κ3) is 4.18. The molecule has 5 rings (SSSR count). The first-order chi connectivity index (χ1) is 15.7. The summed E-state index contributed by atoms with van der Waals surface area (Å²) in [6, 6.07) is 17.2. The number of nitrogens with zero attached hydrogens (tertiary/aromatic N) is 4. The van der Waals surface area contributed by atoms with Crippen molar-refractivity contribution in [2.24, 2.45) is 0 Å². The smallest absolute Gasteiger partial charge is 0.227 e. The van der Waals surface area contributed by atoms with Gasteiger partial charge in [-0.3, -0.25) is 4.79 Å². The van der Waals surface area contributed by atoms with Crippen molar-refractivity contribution < 1.29 is 0 Å². The quantitative estimate of drug-likeness (QED) is 0.466. The highest BCUT2D eigenvalue weighted by Gasteiger charge is 2.15. The van der Waals surface area contributed by atoms with E-state index in [4.69, 9.17) is 11.6 Å². The summed E-state index contributed by atoms with van der Waals surface area (Å²) in [5, 5.41) is 4.55. The van der Waals surface area contributed by atoms with Crippen LogP contribution in [0.1, 0.15) is 24.8 Å². The maximum absolute atomic E-state index is 13.2. The number of anilines is 2. The Bertz CT molecular complexity index is 1300. The van der Waals surface area contributed by atoms with E-state index >= 15 is 0 Å². The van der Waals surface area contributed by atoms with Crippen LogP contribution < -0.4 is 15.6 Å². The zero-order chi connectivity index (χ0) is 21.9. The number of halogens is 1. The van der Waals surface area contributed by atoms with Crippen molar-refractivity contribution in [1.29, 1.82) is 0 Å². The SMILES string of the molecule is O=c1c(CNc2ccnc(N3CCCCC3)n2)cn(-c2ccccc2)c2cc(Cl)ccc12. The molecule has 1 aliphatic heterocycles. The fraction of sp³-hybridized carbons (Fsp3) is 0.240. The minimum atomic E-state index is -0.0124. The van der Waals surface area contributed by atoms with Crippen LogP contribution in [0.15, 0.2) is 71.8 Å². The highest BCUT2D eigenvalue weighted by molar-refractivity contribution is 6.31. The van der Waals surface area contributed by atoms with E-state index in [2.05, 4.69) is 20.2 Å². The minimum absolute atomic E-state index is 0.0124. The molecule has 0 radical (unpaired) electrons. The summed E-state index contributed by atoms with van der Waals surface area (Å²) in [7, 11) is 0. The molecule has 3 heterocycles. The fourth-order valence-corrected chi connectivity index (χ4v) is 4.33. The Morgan fingerprint density at radius 3 is 2.62 bits per heavy atom. The average molecular weight is 446 g/mol. The summed E-state index contributed by atoms with van der Waals surface area (Å²) in [6.45, 7) is 2.33. The zero-order valence-corrected chi connectivity index (χ0v) is 18.4. The summed E-state index contributed by atoms with van der Waals surface area (Å²) < 4.78 is 2.01. The molecule has 0 amide bonds. The van der Waals surface area contributed by atoms with Crippen LogP contribution in [0.5, 0.6) is 0 Å². The second-order valence-corrected chi connectivity index (χ2v) is 8.43. The van der Waals surface area contributed by atoms with E-state index in [1.807, 2.05) is 53.2 Å². The normalized spacial score (nSPS) is 14.0. The molecule has 1 N–H and O–H groups in total. The standard InChI is InChI=1S/C25H24ClN5O/c26-19-9-10-21-22(15-19)31(20-7-3-1-4-8-20)17-18(24(21)32)16-28-23-11-12-27-25(29-23)30-13-5-2-6-14-30/h1,3-4,7-12,15,17H,2,5-6,13-14,16H2,(H,27,28,29). The monoisotopic (exact) mass is 445 g/mol. The second-order valence-electron chi connectivity index (χ2n) is 7.99. The van der Waals surface area contributed by atoms with Crippen molar-refractivity contribution in [3.8, 4) is 5.69 Å². The third-order valence-electron chi connectivity index (χ3n) is 5.82. The van der Waals surface area contributed by atoms with Gasteiger partial charge in [0.2, 0.25) is 5.95 Å². The van der Waals surface area contributed by atoms with Crippen molar-refractivity contribution in [3.05, 3.63) is 87.8 Å². The number of aromatic nitrogens is 3.